The Morgan fingerprint density at radius 2 is 1.67 bits per heavy atom. The van der Waals surface area contributed by atoms with E-state index < -0.39 is 5.97 Å². The first-order chi connectivity index (χ1) is 8.74. The van der Waals surface area contributed by atoms with Crippen LogP contribution in [-0.4, -0.2) is 35.6 Å². The lowest BCUT2D eigenvalue weighted by Crippen LogP contribution is -2.41. The Morgan fingerprint density at radius 3 is 2.00 bits per heavy atom. The molecule has 0 atom stereocenters. The van der Waals surface area contributed by atoms with E-state index in [0.717, 1.165) is 11.5 Å². The molecule has 0 spiro atoms. The van der Waals surface area contributed by atoms with Crippen molar-refractivity contribution in [2.75, 3.05) is 19.6 Å². The number of fused-ring (bicyclic) bond motifs is 3. The van der Waals surface area contributed by atoms with E-state index in [0.29, 0.717) is 0 Å². The van der Waals surface area contributed by atoms with Crippen molar-refractivity contribution in [3.63, 3.8) is 0 Å². The van der Waals surface area contributed by atoms with Crippen molar-refractivity contribution >= 4 is 5.97 Å². The molecule has 0 unspecified atom stereocenters. The fourth-order valence-electron chi connectivity index (χ4n) is 2.63. The van der Waals surface area contributed by atoms with Crippen LogP contribution in [0.4, 0.5) is 0 Å². The summed E-state index contributed by atoms with van der Waals surface area (Å²) in [4.78, 5) is 12.8. The first-order valence-corrected chi connectivity index (χ1v) is 6.72. The molecule has 0 aliphatic carbocycles. The number of benzene rings is 1. The van der Waals surface area contributed by atoms with E-state index in [-0.39, 0.29) is 6.42 Å². The summed E-state index contributed by atoms with van der Waals surface area (Å²) < 4.78 is 0. The van der Waals surface area contributed by atoms with E-state index in [9.17, 15) is 4.79 Å². The fraction of sp³-hybridized carbons (Fsp3) is 0.533. The minimum atomic E-state index is -0.786. The van der Waals surface area contributed by atoms with E-state index in [4.69, 9.17) is 5.11 Å². The van der Waals surface area contributed by atoms with Crippen LogP contribution in [0.25, 0.3) is 0 Å². The maximum absolute atomic E-state index is 10.2. The molecule has 0 aromatic heterocycles. The van der Waals surface area contributed by atoms with Gasteiger partial charge < -0.3 is 10.0 Å². The molecule has 18 heavy (non-hydrogen) atoms. The monoisotopic (exact) mass is 247 g/mol. The van der Waals surface area contributed by atoms with Crippen molar-refractivity contribution < 1.29 is 9.90 Å². The number of hydrogen-bond acceptors (Lipinski definition) is 2. The van der Waals surface area contributed by atoms with Crippen molar-refractivity contribution in [2.24, 2.45) is 5.92 Å². The largest absolute Gasteiger partial charge is 0.481 e. The third kappa shape index (κ3) is 4.15. The molecular weight excluding hydrogens is 226 g/mol. The second-order valence-corrected chi connectivity index (χ2v) is 5.13. The maximum Gasteiger partial charge on any atom is 0.307 e. The van der Waals surface area contributed by atoms with Crippen LogP contribution in [0.1, 0.15) is 24.8 Å². The molecular formula is C15H21NO2. The van der Waals surface area contributed by atoms with Crippen LogP contribution < -0.4 is 0 Å². The Labute approximate surface area is 108 Å². The molecule has 0 saturated carbocycles. The van der Waals surface area contributed by atoms with Crippen LogP contribution in [0.5, 0.6) is 0 Å². The predicted molar refractivity (Wildman–Crippen MR) is 71.6 cm³/mol. The first-order valence-electron chi connectivity index (χ1n) is 6.72. The normalized spacial score (nSPS) is 25.1. The molecule has 3 aliphatic heterocycles. The van der Waals surface area contributed by atoms with Gasteiger partial charge in [0.15, 0.2) is 0 Å². The maximum atomic E-state index is 10.2. The van der Waals surface area contributed by atoms with E-state index in [1.807, 2.05) is 18.2 Å². The molecule has 98 valence electrons. The summed E-state index contributed by atoms with van der Waals surface area (Å²) in [5, 5.41) is 8.37. The van der Waals surface area contributed by atoms with Crippen molar-refractivity contribution in [1.82, 2.24) is 4.90 Å². The highest BCUT2D eigenvalue weighted by molar-refractivity contribution is 5.70. The Balaban J connectivity index is 0.000000136. The van der Waals surface area contributed by atoms with Crippen LogP contribution in [0.2, 0.25) is 0 Å². The molecule has 1 aromatic rings. The molecule has 2 bridgehead atoms. The third-order valence-corrected chi connectivity index (χ3v) is 3.76. The Kier molecular flexibility index (Phi) is 4.76. The zero-order chi connectivity index (χ0) is 12.8. The van der Waals surface area contributed by atoms with Gasteiger partial charge in [-0.2, -0.15) is 0 Å². The Morgan fingerprint density at radius 1 is 1.11 bits per heavy atom. The second-order valence-electron chi connectivity index (χ2n) is 5.13. The molecule has 0 radical (unpaired) electrons. The summed E-state index contributed by atoms with van der Waals surface area (Å²) in [6, 6.07) is 9.13. The highest BCUT2D eigenvalue weighted by Gasteiger charge is 2.24. The lowest BCUT2D eigenvalue weighted by atomic mass is 9.89. The number of carboxylic acids is 1. The van der Waals surface area contributed by atoms with E-state index in [2.05, 4.69) is 4.90 Å². The Bertz CT molecular complexity index is 346. The topological polar surface area (TPSA) is 40.5 Å². The molecule has 3 nitrogen and oxygen atoms in total. The van der Waals surface area contributed by atoms with Gasteiger partial charge in [0.2, 0.25) is 0 Å². The fourth-order valence-corrected chi connectivity index (χ4v) is 2.63. The molecule has 3 heterocycles. The molecule has 4 rings (SSSR count). The Hall–Kier alpha value is -1.35. The number of nitrogens with zero attached hydrogens (tertiary/aromatic N) is 1. The number of piperidine rings is 3. The van der Waals surface area contributed by atoms with Gasteiger partial charge >= 0.3 is 5.97 Å². The summed E-state index contributed by atoms with van der Waals surface area (Å²) in [6.45, 7) is 4.18. The van der Waals surface area contributed by atoms with E-state index in [1.165, 1.54) is 38.9 Å². The zero-order valence-electron chi connectivity index (χ0n) is 10.7. The minimum absolute atomic E-state index is 0.112. The van der Waals surface area contributed by atoms with E-state index >= 15 is 0 Å². The van der Waals surface area contributed by atoms with Gasteiger partial charge in [-0.3, -0.25) is 4.79 Å². The smallest absolute Gasteiger partial charge is 0.307 e. The van der Waals surface area contributed by atoms with Crippen molar-refractivity contribution in [3.05, 3.63) is 35.9 Å². The van der Waals surface area contributed by atoms with Crippen LogP contribution >= 0.6 is 0 Å². The van der Waals surface area contributed by atoms with Crippen LogP contribution in [0.15, 0.2) is 30.3 Å². The molecule has 3 aliphatic rings. The summed E-state index contributed by atoms with van der Waals surface area (Å²) >= 11 is 0. The second kappa shape index (κ2) is 6.55. The van der Waals surface area contributed by atoms with Gasteiger partial charge in [-0.15, -0.1) is 0 Å². The molecule has 1 aromatic carbocycles. The molecule has 3 fully saturated rings. The lowest BCUT2D eigenvalue weighted by Gasteiger charge is -2.38. The predicted octanol–water partition coefficient (Wildman–Crippen LogP) is 2.42. The SMILES string of the molecule is C1CN2CCC1CC2.O=C(O)Cc1ccccc1. The van der Waals surface area contributed by atoms with Crippen LogP contribution in [0, 0.1) is 5.92 Å². The van der Waals surface area contributed by atoms with E-state index in [1.54, 1.807) is 12.1 Å². The van der Waals surface area contributed by atoms with Gasteiger partial charge in [-0.1, -0.05) is 30.3 Å². The van der Waals surface area contributed by atoms with Gasteiger partial charge in [0.05, 0.1) is 6.42 Å². The number of rotatable bonds is 2. The average molecular weight is 247 g/mol. The highest BCUT2D eigenvalue weighted by Crippen LogP contribution is 2.26. The van der Waals surface area contributed by atoms with Crippen LogP contribution in [-0.2, 0) is 11.2 Å². The molecule has 1 N–H and O–H groups in total. The number of carbonyl (C=O) groups is 1. The standard InChI is InChI=1S/C8H8O2.C7H13N/c9-8(10)6-7-4-2-1-3-5-7;1-4-8-5-2-7(1)3-6-8/h1-5H,6H2,(H,9,10);7H,1-6H2. The number of carboxylic acid groups (broad SMARTS) is 1. The van der Waals surface area contributed by atoms with Gasteiger partial charge in [0.25, 0.3) is 0 Å². The molecule has 3 heteroatoms. The van der Waals surface area contributed by atoms with Gasteiger partial charge in [-0.05, 0) is 50.4 Å². The van der Waals surface area contributed by atoms with Crippen molar-refractivity contribution in [2.45, 2.75) is 25.7 Å². The summed E-state index contributed by atoms with van der Waals surface area (Å²) in [5.41, 5.74) is 0.843. The first kappa shape index (κ1) is 13.1. The van der Waals surface area contributed by atoms with Gasteiger partial charge in [0.1, 0.15) is 0 Å². The van der Waals surface area contributed by atoms with Gasteiger partial charge in [0, 0.05) is 0 Å². The van der Waals surface area contributed by atoms with Crippen LogP contribution in [0.3, 0.4) is 0 Å². The lowest BCUT2D eigenvalue weighted by molar-refractivity contribution is -0.136. The van der Waals surface area contributed by atoms with Crippen molar-refractivity contribution in [3.8, 4) is 0 Å². The molecule has 0 amide bonds. The zero-order valence-corrected chi connectivity index (χ0v) is 10.7. The molecule has 3 saturated heterocycles. The average Bonchev–Trinajstić information content (AvgIpc) is 2.42. The highest BCUT2D eigenvalue weighted by atomic mass is 16.4. The summed E-state index contributed by atoms with van der Waals surface area (Å²) in [5.74, 6) is 0.325. The number of hydrogen-bond donors (Lipinski definition) is 1. The third-order valence-electron chi connectivity index (χ3n) is 3.76. The summed E-state index contributed by atoms with van der Waals surface area (Å²) in [7, 11) is 0. The summed E-state index contributed by atoms with van der Waals surface area (Å²) in [6.07, 6.45) is 4.57. The number of aliphatic carboxylic acids is 1. The minimum Gasteiger partial charge on any atom is -0.481 e. The quantitative estimate of drug-likeness (QED) is 0.872. The van der Waals surface area contributed by atoms with Crippen molar-refractivity contribution in [1.29, 1.82) is 0 Å². The van der Waals surface area contributed by atoms with Gasteiger partial charge in [-0.25, -0.2) is 0 Å².